The Morgan fingerprint density at radius 1 is 1.33 bits per heavy atom. The SMILES string of the molecule is Cc1cccn2c(C3(NC(=O)[C@H]4[C@@H]5CN(C(O)OC(C)(C)C)C[C@@H]54)CCC3)ncc12. The average molecular weight is 413 g/mol. The molecule has 4 atom stereocenters. The minimum Gasteiger partial charge on any atom is -0.356 e. The molecule has 2 aromatic heterocycles. The Hall–Kier alpha value is -1.96. The van der Waals surface area contributed by atoms with Crippen LogP contribution in [0.25, 0.3) is 5.52 Å². The quantitative estimate of drug-likeness (QED) is 0.738. The van der Waals surface area contributed by atoms with E-state index in [9.17, 15) is 9.90 Å². The maximum absolute atomic E-state index is 13.2. The number of aryl methyl sites for hydroxylation is 1. The van der Waals surface area contributed by atoms with Gasteiger partial charge in [-0.2, -0.15) is 0 Å². The van der Waals surface area contributed by atoms with Crippen molar-refractivity contribution >= 4 is 11.4 Å². The Bertz CT molecular complexity index is 962. The second kappa shape index (κ2) is 6.77. The average Bonchev–Trinajstić information content (AvgIpc) is 2.98. The van der Waals surface area contributed by atoms with Crippen LogP contribution >= 0.6 is 0 Å². The second-order valence-electron chi connectivity index (χ2n) is 10.3. The molecule has 162 valence electrons. The van der Waals surface area contributed by atoms with Gasteiger partial charge < -0.3 is 19.6 Å². The van der Waals surface area contributed by atoms with Gasteiger partial charge in [0.1, 0.15) is 5.82 Å². The molecule has 1 amide bonds. The van der Waals surface area contributed by atoms with E-state index in [0.717, 1.165) is 30.6 Å². The summed E-state index contributed by atoms with van der Waals surface area (Å²) >= 11 is 0. The molecule has 30 heavy (non-hydrogen) atoms. The van der Waals surface area contributed by atoms with E-state index in [1.54, 1.807) is 0 Å². The van der Waals surface area contributed by atoms with Crippen molar-refractivity contribution in [3.63, 3.8) is 0 Å². The van der Waals surface area contributed by atoms with Gasteiger partial charge in [-0.3, -0.25) is 9.69 Å². The number of hydrogen-bond acceptors (Lipinski definition) is 5. The van der Waals surface area contributed by atoms with Crippen LogP contribution in [-0.4, -0.2) is 50.4 Å². The summed E-state index contributed by atoms with van der Waals surface area (Å²) in [5.41, 5.74) is 1.53. The zero-order valence-electron chi connectivity index (χ0n) is 18.3. The number of fused-ring (bicyclic) bond motifs is 2. The van der Waals surface area contributed by atoms with Crippen LogP contribution in [0.4, 0.5) is 0 Å². The monoisotopic (exact) mass is 412 g/mol. The second-order valence-corrected chi connectivity index (χ2v) is 10.3. The van der Waals surface area contributed by atoms with E-state index >= 15 is 0 Å². The highest BCUT2D eigenvalue weighted by molar-refractivity contribution is 5.83. The number of nitrogens with zero attached hydrogens (tertiary/aromatic N) is 3. The van der Waals surface area contributed by atoms with Gasteiger partial charge in [-0.05, 0) is 70.4 Å². The first-order chi connectivity index (χ1) is 14.2. The molecule has 3 fully saturated rings. The lowest BCUT2D eigenvalue weighted by atomic mass is 9.75. The van der Waals surface area contributed by atoms with Gasteiger partial charge in [0.15, 0.2) is 0 Å². The Morgan fingerprint density at radius 3 is 2.63 bits per heavy atom. The molecule has 2 saturated carbocycles. The lowest BCUT2D eigenvalue weighted by molar-refractivity contribution is -0.236. The molecule has 0 radical (unpaired) electrons. The molecule has 2 N–H and O–H groups in total. The minimum absolute atomic E-state index is 0.0357. The third kappa shape index (κ3) is 3.24. The number of aliphatic hydroxyl groups is 1. The highest BCUT2D eigenvalue weighted by Gasteiger charge is 2.61. The van der Waals surface area contributed by atoms with Gasteiger partial charge in [-0.25, -0.2) is 4.98 Å². The number of nitrogens with one attached hydrogen (secondary N) is 1. The van der Waals surface area contributed by atoms with Crippen LogP contribution in [0.3, 0.4) is 0 Å². The Balaban J connectivity index is 1.26. The molecule has 3 heterocycles. The first-order valence-electron chi connectivity index (χ1n) is 11.0. The fourth-order valence-corrected chi connectivity index (χ4v) is 5.29. The van der Waals surface area contributed by atoms with Crippen molar-refractivity contribution in [1.82, 2.24) is 19.6 Å². The molecule has 0 aromatic carbocycles. The molecule has 7 nitrogen and oxygen atoms in total. The summed E-state index contributed by atoms with van der Waals surface area (Å²) in [5.74, 6) is 1.73. The molecule has 1 unspecified atom stereocenters. The van der Waals surface area contributed by atoms with Gasteiger partial charge in [0.25, 0.3) is 0 Å². The van der Waals surface area contributed by atoms with Crippen molar-refractivity contribution in [2.24, 2.45) is 17.8 Å². The summed E-state index contributed by atoms with van der Waals surface area (Å²) in [6.07, 6.45) is 6.01. The minimum atomic E-state index is -0.904. The highest BCUT2D eigenvalue weighted by Crippen LogP contribution is 2.53. The lowest BCUT2D eigenvalue weighted by Gasteiger charge is -2.41. The van der Waals surface area contributed by atoms with Gasteiger partial charge in [-0.15, -0.1) is 0 Å². The molecule has 0 spiro atoms. The summed E-state index contributed by atoms with van der Waals surface area (Å²) in [4.78, 5) is 19.8. The first-order valence-corrected chi connectivity index (χ1v) is 11.0. The fourth-order valence-electron chi connectivity index (χ4n) is 5.29. The number of aromatic nitrogens is 2. The van der Waals surface area contributed by atoms with E-state index < -0.39 is 12.0 Å². The number of aliphatic hydroxyl groups excluding tert-OH is 1. The van der Waals surface area contributed by atoms with Crippen LogP contribution < -0.4 is 5.32 Å². The smallest absolute Gasteiger partial charge is 0.224 e. The Morgan fingerprint density at radius 2 is 2.03 bits per heavy atom. The zero-order chi connectivity index (χ0) is 21.3. The van der Waals surface area contributed by atoms with E-state index in [2.05, 4.69) is 22.7 Å². The maximum Gasteiger partial charge on any atom is 0.224 e. The largest absolute Gasteiger partial charge is 0.356 e. The van der Waals surface area contributed by atoms with E-state index in [0.29, 0.717) is 24.9 Å². The summed E-state index contributed by atoms with van der Waals surface area (Å²) in [5, 5.41) is 13.7. The third-order valence-electron chi connectivity index (χ3n) is 7.08. The van der Waals surface area contributed by atoms with Gasteiger partial charge >= 0.3 is 0 Å². The number of hydrogen-bond donors (Lipinski definition) is 2. The van der Waals surface area contributed by atoms with Crippen LogP contribution in [0, 0.1) is 24.7 Å². The molecule has 2 aromatic rings. The van der Waals surface area contributed by atoms with Crippen LogP contribution in [0.2, 0.25) is 0 Å². The molecule has 0 bridgehead atoms. The highest BCUT2D eigenvalue weighted by atomic mass is 16.6. The number of carbonyl (C=O) groups is 1. The van der Waals surface area contributed by atoms with E-state index in [1.165, 1.54) is 5.56 Å². The van der Waals surface area contributed by atoms with E-state index in [-0.39, 0.29) is 17.4 Å². The number of likely N-dealkylation sites (tertiary alicyclic amines) is 1. The number of imidazole rings is 1. The van der Waals surface area contributed by atoms with Gasteiger partial charge in [-0.1, -0.05) is 6.07 Å². The van der Waals surface area contributed by atoms with Crippen molar-refractivity contribution in [3.05, 3.63) is 35.9 Å². The van der Waals surface area contributed by atoms with Crippen LogP contribution in [-0.2, 0) is 15.1 Å². The van der Waals surface area contributed by atoms with Crippen molar-refractivity contribution in [3.8, 4) is 0 Å². The number of carbonyl (C=O) groups excluding carboxylic acids is 1. The van der Waals surface area contributed by atoms with Gasteiger partial charge in [0, 0.05) is 25.2 Å². The van der Waals surface area contributed by atoms with Crippen LogP contribution in [0.5, 0.6) is 0 Å². The van der Waals surface area contributed by atoms with Crippen LogP contribution in [0.15, 0.2) is 24.5 Å². The fraction of sp³-hybridized carbons (Fsp3) is 0.652. The maximum atomic E-state index is 13.2. The normalized spacial score (nSPS) is 28.8. The standard InChI is InChI=1S/C23H32N4O3/c1-14-7-5-10-27-17(14)11-24-20(27)23(8-6-9-23)25-19(28)18-15-12-26(13-16(15)18)21(29)30-22(2,3)4/h5,7,10-11,15-16,18,21,29H,6,8-9,12-13H2,1-4H3,(H,25,28)/t15-,16+,18+,21?. The zero-order valence-corrected chi connectivity index (χ0v) is 18.3. The number of pyridine rings is 1. The third-order valence-corrected chi connectivity index (χ3v) is 7.08. The first kappa shape index (κ1) is 20.0. The van der Waals surface area contributed by atoms with Crippen molar-refractivity contribution in [1.29, 1.82) is 0 Å². The van der Waals surface area contributed by atoms with Crippen molar-refractivity contribution in [2.45, 2.75) is 64.5 Å². The molecule has 3 aliphatic rings. The molecule has 2 aliphatic carbocycles. The van der Waals surface area contributed by atoms with E-state index in [4.69, 9.17) is 9.72 Å². The van der Waals surface area contributed by atoms with E-state index in [1.807, 2.05) is 44.1 Å². The Labute approximate surface area is 177 Å². The summed E-state index contributed by atoms with van der Waals surface area (Å²) in [6, 6.07) is 4.12. The topological polar surface area (TPSA) is 79.1 Å². The number of rotatable bonds is 5. The molecular weight excluding hydrogens is 380 g/mol. The van der Waals surface area contributed by atoms with Gasteiger partial charge in [0.2, 0.25) is 12.3 Å². The summed E-state index contributed by atoms with van der Waals surface area (Å²) in [7, 11) is 0. The van der Waals surface area contributed by atoms with Gasteiger partial charge in [0.05, 0.1) is 22.9 Å². The summed E-state index contributed by atoms with van der Waals surface area (Å²) < 4.78 is 7.79. The van der Waals surface area contributed by atoms with Crippen molar-refractivity contribution in [2.75, 3.05) is 13.1 Å². The Kier molecular flexibility index (Phi) is 4.51. The predicted molar refractivity (Wildman–Crippen MR) is 112 cm³/mol. The number of amides is 1. The predicted octanol–water partition coefficient (Wildman–Crippen LogP) is 2.41. The van der Waals surface area contributed by atoms with Crippen molar-refractivity contribution < 1.29 is 14.6 Å². The molecule has 5 rings (SSSR count). The molecular formula is C23H32N4O3. The van der Waals surface area contributed by atoms with Crippen LogP contribution in [0.1, 0.15) is 51.4 Å². The lowest BCUT2D eigenvalue weighted by Crippen LogP contribution is -2.53. The summed E-state index contributed by atoms with van der Waals surface area (Å²) in [6.45, 7) is 9.30. The number of piperidine rings is 1. The molecule has 7 heteroatoms. The molecule has 1 aliphatic heterocycles. The molecule has 1 saturated heterocycles. The number of ether oxygens (including phenoxy) is 1.